The monoisotopic (exact) mass is 348 g/mol. The molecule has 0 aliphatic carbocycles. The predicted octanol–water partition coefficient (Wildman–Crippen LogP) is 4.47. The van der Waals surface area contributed by atoms with Gasteiger partial charge in [0.2, 0.25) is 0 Å². The third-order valence-electron chi connectivity index (χ3n) is 4.18. The molecule has 2 N–H and O–H groups in total. The first-order chi connectivity index (χ1) is 11.4. The predicted molar refractivity (Wildman–Crippen MR) is 101 cm³/mol. The van der Waals surface area contributed by atoms with Crippen LogP contribution in [-0.4, -0.2) is 28.9 Å². The quantitative estimate of drug-likeness (QED) is 0.843. The molecule has 1 heterocycles. The summed E-state index contributed by atoms with van der Waals surface area (Å²) in [6, 6.07) is 8.30. The first kappa shape index (κ1) is 19.6. The van der Waals surface area contributed by atoms with E-state index >= 15 is 0 Å². The van der Waals surface area contributed by atoms with E-state index in [1.54, 1.807) is 0 Å². The summed E-state index contributed by atoms with van der Waals surface area (Å²) >= 11 is 0. The normalized spacial score (nSPS) is 21.6. The van der Waals surface area contributed by atoms with Gasteiger partial charge < -0.3 is 20.1 Å². The minimum Gasteiger partial charge on any atom is -0.444 e. The maximum atomic E-state index is 11.8. The summed E-state index contributed by atoms with van der Waals surface area (Å²) in [4.78, 5) is 11.8. The lowest BCUT2D eigenvalue weighted by atomic mass is 9.94. The highest BCUT2D eigenvalue weighted by Gasteiger charge is 2.45. The van der Waals surface area contributed by atoms with Gasteiger partial charge in [-0.05, 0) is 72.6 Å². The van der Waals surface area contributed by atoms with E-state index < -0.39 is 11.7 Å². The molecule has 1 fully saturated rings. The number of carbonyl (C=O) groups is 1. The number of alkyl carbamates (subject to hydrolysis) is 1. The van der Waals surface area contributed by atoms with E-state index in [0.29, 0.717) is 6.54 Å². The molecule has 0 aromatic heterocycles. The second kappa shape index (κ2) is 6.87. The number of hydrogen-bond acceptors (Lipinski definition) is 4. The first-order valence-electron chi connectivity index (χ1n) is 8.89. The number of benzene rings is 1. The van der Waals surface area contributed by atoms with Gasteiger partial charge in [0.05, 0.1) is 17.2 Å². The Morgan fingerprint density at radius 3 is 2.52 bits per heavy atom. The second-order valence-corrected chi connectivity index (χ2v) is 8.92. The summed E-state index contributed by atoms with van der Waals surface area (Å²) in [7, 11) is 0. The molecule has 1 aromatic rings. The van der Waals surface area contributed by atoms with Crippen molar-refractivity contribution >= 4 is 11.8 Å². The third kappa shape index (κ3) is 5.92. The molecule has 5 heteroatoms. The molecule has 1 aromatic carbocycles. The van der Waals surface area contributed by atoms with Crippen molar-refractivity contribution < 1.29 is 14.3 Å². The molecule has 1 aliphatic rings. The van der Waals surface area contributed by atoms with Crippen molar-refractivity contribution in [2.24, 2.45) is 0 Å². The molecule has 140 valence electrons. The average Bonchev–Trinajstić information content (AvgIpc) is 2.62. The molecule has 0 radical (unpaired) electrons. The molecule has 5 nitrogen and oxygen atoms in total. The van der Waals surface area contributed by atoms with Gasteiger partial charge in [-0.25, -0.2) is 4.79 Å². The Labute approximate surface area is 151 Å². The highest BCUT2D eigenvalue weighted by atomic mass is 16.6. The van der Waals surface area contributed by atoms with Gasteiger partial charge in [0, 0.05) is 12.2 Å². The van der Waals surface area contributed by atoms with Crippen molar-refractivity contribution in [3.05, 3.63) is 29.8 Å². The summed E-state index contributed by atoms with van der Waals surface area (Å²) in [6.45, 7) is 14.5. The first-order valence-corrected chi connectivity index (χ1v) is 8.89. The van der Waals surface area contributed by atoms with Crippen molar-refractivity contribution in [3.8, 4) is 0 Å². The number of carbonyl (C=O) groups excluding carboxylic acids is 1. The Kier molecular flexibility index (Phi) is 5.38. The number of anilines is 1. The van der Waals surface area contributed by atoms with Crippen LogP contribution in [0, 0.1) is 0 Å². The minimum atomic E-state index is -0.492. The van der Waals surface area contributed by atoms with Crippen LogP contribution >= 0.6 is 0 Å². The van der Waals surface area contributed by atoms with E-state index in [4.69, 9.17) is 9.47 Å². The molecular weight excluding hydrogens is 316 g/mol. The highest BCUT2D eigenvalue weighted by Crippen LogP contribution is 2.38. The number of hydrogen-bond donors (Lipinski definition) is 2. The van der Waals surface area contributed by atoms with Crippen LogP contribution in [0.1, 0.15) is 60.5 Å². The van der Waals surface area contributed by atoms with Crippen LogP contribution in [0.2, 0.25) is 0 Å². The average molecular weight is 348 g/mol. The maximum Gasteiger partial charge on any atom is 0.407 e. The third-order valence-corrected chi connectivity index (χ3v) is 4.18. The molecular formula is C20H32N2O3. The molecule has 1 unspecified atom stereocenters. The molecule has 2 rings (SSSR count). The van der Waals surface area contributed by atoms with Crippen molar-refractivity contribution in [3.63, 3.8) is 0 Å². The summed E-state index contributed by atoms with van der Waals surface area (Å²) in [5.41, 5.74) is 1.20. The zero-order chi connectivity index (χ0) is 18.9. The van der Waals surface area contributed by atoms with Gasteiger partial charge in [-0.15, -0.1) is 0 Å². The zero-order valence-electron chi connectivity index (χ0n) is 16.5. The molecule has 25 heavy (non-hydrogen) atoms. The van der Waals surface area contributed by atoms with E-state index in [9.17, 15) is 4.79 Å². The second-order valence-electron chi connectivity index (χ2n) is 8.92. The van der Waals surface area contributed by atoms with Gasteiger partial charge >= 0.3 is 6.09 Å². The summed E-state index contributed by atoms with van der Waals surface area (Å²) in [6.07, 6.45) is 0.540. The lowest BCUT2D eigenvalue weighted by molar-refractivity contribution is -0.0662. The van der Waals surface area contributed by atoms with E-state index in [2.05, 4.69) is 44.4 Å². The van der Waals surface area contributed by atoms with Crippen molar-refractivity contribution in [2.45, 2.75) is 84.3 Å². The fourth-order valence-electron chi connectivity index (χ4n) is 3.25. The Morgan fingerprint density at radius 2 is 1.96 bits per heavy atom. The maximum absolute atomic E-state index is 11.8. The van der Waals surface area contributed by atoms with Crippen molar-refractivity contribution in [1.29, 1.82) is 0 Å². The topological polar surface area (TPSA) is 59.6 Å². The SMILES string of the molecule is CC(C)(C)OC(=O)NCc1cccc(NC2CC(C)(C)OC2(C)C)c1. The molecule has 0 bridgehead atoms. The molecule has 1 saturated heterocycles. The Bertz CT molecular complexity index is 618. The van der Waals surface area contributed by atoms with E-state index in [-0.39, 0.29) is 17.2 Å². The molecule has 1 atom stereocenters. The molecule has 1 amide bonds. The van der Waals surface area contributed by atoms with Crippen LogP contribution in [0.15, 0.2) is 24.3 Å². The van der Waals surface area contributed by atoms with E-state index in [0.717, 1.165) is 17.7 Å². The number of ether oxygens (including phenoxy) is 2. The van der Waals surface area contributed by atoms with Gasteiger partial charge in [-0.3, -0.25) is 0 Å². The molecule has 1 aliphatic heterocycles. The van der Waals surface area contributed by atoms with Gasteiger partial charge in [-0.2, -0.15) is 0 Å². The van der Waals surface area contributed by atoms with Crippen LogP contribution in [0.3, 0.4) is 0 Å². The summed E-state index contributed by atoms with van der Waals surface area (Å²) in [5.74, 6) is 0. The van der Waals surface area contributed by atoms with Crippen LogP contribution in [0.4, 0.5) is 10.5 Å². The Balaban J connectivity index is 1.96. The fraction of sp³-hybridized carbons (Fsp3) is 0.650. The summed E-state index contributed by atoms with van der Waals surface area (Å²) < 4.78 is 11.4. The lowest BCUT2D eigenvalue weighted by Gasteiger charge is -2.28. The number of rotatable bonds is 4. The number of amides is 1. The van der Waals surface area contributed by atoms with Gasteiger partial charge in [-0.1, -0.05) is 12.1 Å². The highest BCUT2D eigenvalue weighted by molar-refractivity contribution is 5.67. The molecule has 0 spiro atoms. The smallest absolute Gasteiger partial charge is 0.407 e. The Hall–Kier alpha value is -1.75. The van der Waals surface area contributed by atoms with Crippen LogP contribution < -0.4 is 10.6 Å². The van der Waals surface area contributed by atoms with Gasteiger partial charge in [0.1, 0.15) is 5.60 Å². The van der Waals surface area contributed by atoms with Gasteiger partial charge in [0.15, 0.2) is 0 Å². The summed E-state index contributed by atoms with van der Waals surface area (Å²) in [5, 5.41) is 6.38. The van der Waals surface area contributed by atoms with E-state index in [1.165, 1.54) is 0 Å². The standard InChI is InChI=1S/C20H32N2O3/c1-18(2,3)24-17(23)21-13-14-9-8-10-15(11-14)22-16-12-19(4,5)25-20(16,6)7/h8-11,16,22H,12-13H2,1-7H3,(H,21,23). The lowest BCUT2D eigenvalue weighted by Crippen LogP contribution is -2.38. The Morgan fingerprint density at radius 1 is 1.28 bits per heavy atom. The zero-order valence-corrected chi connectivity index (χ0v) is 16.5. The largest absolute Gasteiger partial charge is 0.444 e. The van der Waals surface area contributed by atoms with Crippen molar-refractivity contribution in [2.75, 3.05) is 5.32 Å². The van der Waals surface area contributed by atoms with Crippen LogP contribution in [-0.2, 0) is 16.0 Å². The van der Waals surface area contributed by atoms with Crippen molar-refractivity contribution in [1.82, 2.24) is 5.32 Å². The number of nitrogens with one attached hydrogen (secondary N) is 2. The molecule has 0 saturated carbocycles. The van der Waals surface area contributed by atoms with Crippen LogP contribution in [0.25, 0.3) is 0 Å². The minimum absolute atomic E-state index is 0.128. The van der Waals surface area contributed by atoms with E-state index in [1.807, 2.05) is 39.0 Å². The van der Waals surface area contributed by atoms with Gasteiger partial charge in [0.25, 0.3) is 0 Å². The fourth-order valence-corrected chi connectivity index (χ4v) is 3.25. The van der Waals surface area contributed by atoms with Crippen LogP contribution in [0.5, 0.6) is 0 Å².